The van der Waals surface area contributed by atoms with Gasteiger partial charge in [0.05, 0.1) is 0 Å². The van der Waals surface area contributed by atoms with Gasteiger partial charge in [-0.05, 0) is 24.0 Å². The number of piperidine rings is 1. The minimum absolute atomic E-state index is 0.0867. The number of fused-ring (bicyclic) bond motifs is 3. The van der Waals surface area contributed by atoms with E-state index in [0.29, 0.717) is 5.69 Å². The molecule has 1 aromatic carbocycles. The molecule has 3 aliphatic rings. The third-order valence-corrected chi connectivity index (χ3v) is 6.16. The predicted octanol–water partition coefficient (Wildman–Crippen LogP) is 2.23. The maximum atomic E-state index is 13.0. The van der Waals surface area contributed by atoms with Crippen molar-refractivity contribution < 1.29 is 4.79 Å². The van der Waals surface area contributed by atoms with Crippen molar-refractivity contribution in [2.45, 2.75) is 31.2 Å². The van der Waals surface area contributed by atoms with Gasteiger partial charge in [0.25, 0.3) is 5.91 Å². The van der Waals surface area contributed by atoms with E-state index in [1.807, 2.05) is 11.1 Å². The van der Waals surface area contributed by atoms with Crippen molar-refractivity contribution >= 4 is 12.0 Å². The summed E-state index contributed by atoms with van der Waals surface area (Å²) in [6, 6.07) is 8.65. The number of hydrogen-bond donors (Lipinski definition) is 1. The van der Waals surface area contributed by atoms with Crippen molar-refractivity contribution in [3.63, 3.8) is 0 Å². The van der Waals surface area contributed by atoms with Gasteiger partial charge in [-0.25, -0.2) is 4.98 Å². The lowest BCUT2D eigenvalue weighted by atomic mass is 9.74. The van der Waals surface area contributed by atoms with Crippen molar-refractivity contribution in [2.24, 2.45) is 0 Å². The summed E-state index contributed by atoms with van der Waals surface area (Å²) in [5.74, 6) is 1.11. The highest BCUT2D eigenvalue weighted by Crippen LogP contribution is 2.43. The van der Waals surface area contributed by atoms with Crippen LogP contribution >= 0.6 is 0 Å². The maximum Gasteiger partial charge on any atom is 0.274 e. The topological polar surface area (TPSA) is 50.2 Å². The molecule has 1 amide bonds. The summed E-state index contributed by atoms with van der Waals surface area (Å²) in [6.07, 6.45) is 9.41. The zero-order valence-corrected chi connectivity index (χ0v) is 14.9. The Balaban J connectivity index is 1.32. The molecule has 0 saturated carbocycles. The molecule has 3 heterocycles. The fraction of sp³-hybridized carbons (Fsp3) is 0.429. The van der Waals surface area contributed by atoms with Crippen LogP contribution in [-0.4, -0.2) is 46.5 Å². The average molecular weight is 348 g/mol. The van der Waals surface area contributed by atoms with Crippen LogP contribution in [-0.2, 0) is 18.4 Å². The number of carbonyl (C=O) groups excluding carboxylic acids is 1. The second-order valence-corrected chi connectivity index (χ2v) is 7.60. The summed E-state index contributed by atoms with van der Waals surface area (Å²) in [6.45, 7) is 4.35. The van der Waals surface area contributed by atoms with Crippen LogP contribution in [0.25, 0.3) is 6.08 Å². The Morgan fingerprint density at radius 1 is 1.12 bits per heavy atom. The number of nitrogens with zero attached hydrogens (tertiary/aromatic N) is 3. The van der Waals surface area contributed by atoms with E-state index in [0.717, 1.165) is 57.8 Å². The number of likely N-dealkylation sites (tertiary alicyclic amines) is 1. The first-order valence-electron chi connectivity index (χ1n) is 9.60. The first-order valence-corrected chi connectivity index (χ1v) is 9.60. The molecule has 26 heavy (non-hydrogen) atoms. The van der Waals surface area contributed by atoms with Crippen LogP contribution in [0.3, 0.4) is 0 Å². The molecule has 1 spiro atoms. The van der Waals surface area contributed by atoms with Gasteiger partial charge in [-0.15, -0.1) is 0 Å². The Morgan fingerprint density at radius 2 is 1.96 bits per heavy atom. The molecular formula is C21H24N4O. The summed E-state index contributed by atoms with van der Waals surface area (Å²) in [5, 5.41) is 3.37. The number of nitrogens with one attached hydrogen (secondary N) is 1. The number of amides is 1. The van der Waals surface area contributed by atoms with Gasteiger partial charge >= 0.3 is 0 Å². The lowest BCUT2D eigenvalue weighted by Gasteiger charge is -2.39. The fourth-order valence-electron chi connectivity index (χ4n) is 4.62. The molecule has 2 aliphatic heterocycles. The zero-order valence-electron chi connectivity index (χ0n) is 14.9. The molecule has 1 fully saturated rings. The van der Waals surface area contributed by atoms with E-state index >= 15 is 0 Å². The van der Waals surface area contributed by atoms with E-state index in [2.05, 4.69) is 51.3 Å². The van der Waals surface area contributed by atoms with Crippen molar-refractivity contribution in [2.75, 3.05) is 26.2 Å². The van der Waals surface area contributed by atoms with Crippen LogP contribution in [0.2, 0.25) is 0 Å². The zero-order chi connectivity index (χ0) is 17.6. The van der Waals surface area contributed by atoms with E-state index in [1.54, 1.807) is 0 Å². The van der Waals surface area contributed by atoms with Crippen LogP contribution < -0.4 is 5.32 Å². The minimum Gasteiger partial charge on any atom is -0.337 e. The Hall–Kier alpha value is -2.40. The van der Waals surface area contributed by atoms with Crippen LogP contribution in [0.1, 0.15) is 40.3 Å². The van der Waals surface area contributed by atoms with E-state index in [9.17, 15) is 4.79 Å². The fourth-order valence-corrected chi connectivity index (χ4v) is 4.62. The molecule has 1 saturated heterocycles. The molecule has 0 bridgehead atoms. The molecule has 5 heteroatoms. The molecular weight excluding hydrogens is 324 g/mol. The number of hydrogen-bond acceptors (Lipinski definition) is 3. The molecule has 0 atom stereocenters. The third kappa shape index (κ3) is 2.50. The van der Waals surface area contributed by atoms with Gasteiger partial charge in [0.2, 0.25) is 0 Å². The summed E-state index contributed by atoms with van der Waals surface area (Å²) in [7, 11) is 0. The van der Waals surface area contributed by atoms with E-state index in [-0.39, 0.29) is 11.3 Å². The first kappa shape index (κ1) is 15.8. The highest BCUT2D eigenvalue weighted by molar-refractivity contribution is 5.92. The van der Waals surface area contributed by atoms with E-state index in [4.69, 9.17) is 0 Å². The molecule has 1 aliphatic carbocycles. The Morgan fingerprint density at radius 3 is 2.85 bits per heavy atom. The largest absolute Gasteiger partial charge is 0.337 e. The molecule has 1 aromatic heterocycles. The van der Waals surface area contributed by atoms with Gasteiger partial charge < -0.3 is 14.8 Å². The van der Waals surface area contributed by atoms with Crippen molar-refractivity contribution in [3.8, 4) is 0 Å². The average Bonchev–Trinajstić information content (AvgIpc) is 3.17. The second-order valence-electron chi connectivity index (χ2n) is 7.60. The summed E-state index contributed by atoms with van der Waals surface area (Å²) in [5.41, 5.74) is 3.48. The Labute approximate surface area is 153 Å². The molecule has 5 rings (SSSR count). The molecule has 134 valence electrons. The maximum absolute atomic E-state index is 13.0. The van der Waals surface area contributed by atoms with Crippen LogP contribution in [0, 0.1) is 0 Å². The highest BCUT2D eigenvalue weighted by Gasteiger charge is 2.39. The molecule has 0 radical (unpaired) electrons. The number of aromatic nitrogens is 2. The second kappa shape index (κ2) is 6.09. The lowest BCUT2D eigenvalue weighted by Crippen LogP contribution is -2.44. The van der Waals surface area contributed by atoms with Gasteiger partial charge in [0, 0.05) is 50.8 Å². The monoisotopic (exact) mass is 348 g/mol. The van der Waals surface area contributed by atoms with Gasteiger partial charge in [-0.2, -0.15) is 0 Å². The van der Waals surface area contributed by atoms with Crippen LogP contribution in [0.5, 0.6) is 0 Å². The van der Waals surface area contributed by atoms with E-state index < -0.39 is 0 Å². The number of imidazole rings is 1. The van der Waals surface area contributed by atoms with Crippen LogP contribution in [0.15, 0.2) is 36.5 Å². The van der Waals surface area contributed by atoms with E-state index in [1.165, 1.54) is 11.1 Å². The summed E-state index contributed by atoms with van der Waals surface area (Å²) >= 11 is 0. The summed E-state index contributed by atoms with van der Waals surface area (Å²) in [4.78, 5) is 19.6. The first-order chi connectivity index (χ1) is 12.8. The summed E-state index contributed by atoms with van der Waals surface area (Å²) < 4.78 is 2.13. The van der Waals surface area contributed by atoms with Gasteiger partial charge in [0.15, 0.2) is 0 Å². The SMILES string of the molecule is O=C(c1cn2c(n1)CCNCC2)N1CCC2(C=Cc3ccccc32)CC1. The van der Waals surface area contributed by atoms with Crippen molar-refractivity contribution in [1.29, 1.82) is 0 Å². The predicted molar refractivity (Wildman–Crippen MR) is 101 cm³/mol. The molecule has 1 N–H and O–H groups in total. The van der Waals surface area contributed by atoms with Crippen molar-refractivity contribution in [3.05, 3.63) is 59.2 Å². The number of carbonyl (C=O) groups is 1. The molecule has 5 nitrogen and oxygen atoms in total. The number of allylic oxidation sites excluding steroid dienone is 1. The lowest BCUT2D eigenvalue weighted by molar-refractivity contribution is 0.0684. The van der Waals surface area contributed by atoms with Gasteiger partial charge in [-0.1, -0.05) is 36.4 Å². The normalized spacial score (nSPS) is 20.7. The third-order valence-electron chi connectivity index (χ3n) is 6.16. The van der Waals surface area contributed by atoms with Crippen LogP contribution in [0.4, 0.5) is 0 Å². The molecule has 2 aromatic rings. The quantitative estimate of drug-likeness (QED) is 0.860. The number of benzene rings is 1. The highest BCUT2D eigenvalue weighted by atomic mass is 16.2. The van der Waals surface area contributed by atoms with Gasteiger partial charge in [-0.3, -0.25) is 4.79 Å². The van der Waals surface area contributed by atoms with Gasteiger partial charge in [0.1, 0.15) is 11.5 Å². The minimum atomic E-state index is 0.0867. The Kier molecular flexibility index (Phi) is 3.71. The molecule has 0 unspecified atom stereocenters. The Bertz CT molecular complexity index is 850. The standard InChI is InChI=1S/C21H24N4O/c26-20(18-15-25-14-11-22-10-6-19(25)23-18)24-12-8-21(9-13-24)7-5-16-3-1-2-4-17(16)21/h1-5,7,15,22H,6,8-14H2. The smallest absolute Gasteiger partial charge is 0.274 e. The number of rotatable bonds is 1. The van der Waals surface area contributed by atoms with Crippen molar-refractivity contribution in [1.82, 2.24) is 19.8 Å².